The van der Waals surface area contributed by atoms with E-state index in [4.69, 9.17) is 21.1 Å². The molecule has 0 aliphatic carbocycles. The predicted molar refractivity (Wildman–Crippen MR) is 86.5 cm³/mol. The van der Waals surface area contributed by atoms with Crippen LogP contribution in [0.5, 0.6) is 11.5 Å². The van der Waals surface area contributed by atoms with Crippen LogP contribution in [0.2, 0.25) is 5.02 Å². The monoisotopic (exact) mass is 330 g/mol. The Hall–Kier alpha value is -2.59. The highest BCUT2D eigenvalue weighted by molar-refractivity contribution is 6.32. The van der Waals surface area contributed by atoms with Gasteiger partial charge in [-0.1, -0.05) is 41.9 Å². The zero-order valence-corrected chi connectivity index (χ0v) is 12.7. The van der Waals surface area contributed by atoms with Gasteiger partial charge in [-0.3, -0.25) is 0 Å². The summed E-state index contributed by atoms with van der Waals surface area (Å²) in [5, 5.41) is 2.13. The van der Waals surface area contributed by atoms with Crippen molar-refractivity contribution in [3.63, 3.8) is 0 Å². The van der Waals surface area contributed by atoms with Crippen molar-refractivity contribution in [1.82, 2.24) is 0 Å². The molecule has 0 aromatic heterocycles. The number of esters is 1. The van der Waals surface area contributed by atoms with Crippen LogP contribution in [0, 0.1) is 5.82 Å². The van der Waals surface area contributed by atoms with E-state index in [2.05, 4.69) is 0 Å². The molecule has 0 bridgehead atoms. The lowest BCUT2D eigenvalue weighted by Crippen LogP contribution is -2.17. The van der Waals surface area contributed by atoms with Crippen molar-refractivity contribution in [2.24, 2.45) is 0 Å². The fourth-order valence-electron chi connectivity index (χ4n) is 2.12. The summed E-state index contributed by atoms with van der Waals surface area (Å²) in [6.07, 6.45) is 0. The molecule has 3 aromatic carbocycles. The molecular formula is C18H12ClFO3. The van der Waals surface area contributed by atoms with Crippen LogP contribution in [0.4, 0.5) is 4.39 Å². The van der Waals surface area contributed by atoms with Gasteiger partial charge in [-0.15, -0.1) is 0 Å². The lowest BCUT2D eigenvalue weighted by atomic mass is 10.1. The molecule has 0 fully saturated rings. The number of fused-ring (bicyclic) bond motifs is 1. The molecule has 0 amide bonds. The molecule has 0 aliphatic rings. The molecule has 0 heterocycles. The molecule has 3 rings (SSSR count). The lowest BCUT2D eigenvalue weighted by Gasteiger charge is -2.08. The maximum atomic E-state index is 12.9. The van der Waals surface area contributed by atoms with E-state index in [-0.39, 0.29) is 17.4 Å². The highest BCUT2D eigenvalue weighted by Crippen LogP contribution is 2.25. The van der Waals surface area contributed by atoms with Crippen molar-refractivity contribution >= 4 is 28.3 Å². The molecule has 116 valence electrons. The molecule has 0 saturated heterocycles. The molecule has 3 aromatic rings. The van der Waals surface area contributed by atoms with Crippen LogP contribution < -0.4 is 9.47 Å². The van der Waals surface area contributed by atoms with Gasteiger partial charge in [0.2, 0.25) is 0 Å². The van der Waals surface area contributed by atoms with Gasteiger partial charge in [0.05, 0.1) is 5.02 Å². The number of hydrogen-bond acceptors (Lipinski definition) is 3. The van der Waals surface area contributed by atoms with Crippen molar-refractivity contribution in [2.75, 3.05) is 6.61 Å². The van der Waals surface area contributed by atoms with Gasteiger partial charge in [0, 0.05) is 0 Å². The zero-order chi connectivity index (χ0) is 16.2. The van der Waals surface area contributed by atoms with E-state index in [0.717, 1.165) is 16.8 Å². The Bertz CT molecular complexity index is 864. The van der Waals surface area contributed by atoms with Crippen LogP contribution in [-0.2, 0) is 4.79 Å². The van der Waals surface area contributed by atoms with Gasteiger partial charge in [-0.2, -0.15) is 0 Å². The van der Waals surface area contributed by atoms with Gasteiger partial charge in [0.25, 0.3) is 0 Å². The number of carbonyl (C=O) groups is 1. The number of ether oxygens (including phenoxy) is 2. The molecule has 3 nitrogen and oxygen atoms in total. The molecule has 0 saturated carbocycles. The van der Waals surface area contributed by atoms with Crippen LogP contribution in [0.15, 0.2) is 60.7 Å². The average Bonchev–Trinajstić information content (AvgIpc) is 2.54. The summed E-state index contributed by atoms with van der Waals surface area (Å²) in [4.78, 5) is 11.8. The van der Waals surface area contributed by atoms with Gasteiger partial charge in [-0.05, 0) is 41.1 Å². The number of hydrogen-bond donors (Lipinski definition) is 0. The van der Waals surface area contributed by atoms with Crippen LogP contribution >= 0.6 is 11.6 Å². The summed E-state index contributed by atoms with van der Waals surface area (Å²) in [6, 6.07) is 16.8. The van der Waals surface area contributed by atoms with E-state index < -0.39 is 11.8 Å². The van der Waals surface area contributed by atoms with Crippen LogP contribution in [-0.4, -0.2) is 12.6 Å². The van der Waals surface area contributed by atoms with Crippen molar-refractivity contribution < 1.29 is 18.7 Å². The Balaban J connectivity index is 1.64. The third-order valence-electron chi connectivity index (χ3n) is 3.19. The number of halogens is 2. The van der Waals surface area contributed by atoms with E-state index in [1.165, 1.54) is 12.1 Å². The van der Waals surface area contributed by atoms with Crippen LogP contribution in [0.1, 0.15) is 0 Å². The van der Waals surface area contributed by atoms with E-state index in [1.807, 2.05) is 30.3 Å². The van der Waals surface area contributed by atoms with Gasteiger partial charge >= 0.3 is 5.97 Å². The van der Waals surface area contributed by atoms with Crippen molar-refractivity contribution in [1.29, 1.82) is 0 Å². The largest absolute Gasteiger partial charge is 0.480 e. The maximum Gasteiger partial charge on any atom is 0.349 e. The quantitative estimate of drug-likeness (QED) is 0.517. The SMILES string of the molecule is O=C(COc1ccc(F)cc1Cl)Oc1ccc2ccccc2c1. The summed E-state index contributed by atoms with van der Waals surface area (Å²) in [7, 11) is 0. The number of benzene rings is 3. The second kappa shape index (κ2) is 6.67. The Morgan fingerprint density at radius 1 is 1.00 bits per heavy atom. The summed E-state index contributed by atoms with van der Waals surface area (Å²) < 4.78 is 23.4. The Kier molecular flexibility index (Phi) is 4.44. The highest BCUT2D eigenvalue weighted by Gasteiger charge is 2.09. The third kappa shape index (κ3) is 3.79. The number of carbonyl (C=O) groups excluding carboxylic acids is 1. The molecule has 0 atom stereocenters. The summed E-state index contributed by atoms with van der Waals surface area (Å²) in [5.74, 6) is -0.382. The minimum Gasteiger partial charge on any atom is -0.480 e. The van der Waals surface area contributed by atoms with E-state index in [1.54, 1.807) is 12.1 Å². The predicted octanol–water partition coefficient (Wildman–Crippen LogP) is 4.62. The Morgan fingerprint density at radius 3 is 2.57 bits per heavy atom. The first-order valence-corrected chi connectivity index (χ1v) is 7.27. The minimum atomic E-state index is -0.569. The Labute approximate surface area is 137 Å². The fraction of sp³-hybridized carbons (Fsp3) is 0.0556. The topological polar surface area (TPSA) is 35.5 Å². The summed E-state index contributed by atoms with van der Waals surface area (Å²) in [6.45, 7) is -0.321. The molecule has 5 heteroatoms. The van der Waals surface area contributed by atoms with Crippen LogP contribution in [0.25, 0.3) is 10.8 Å². The smallest absolute Gasteiger partial charge is 0.349 e. The van der Waals surface area contributed by atoms with E-state index >= 15 is 0 Å². The molecule has 0 radical (unpaired) electrons. The van der Waals surface area contributed by atoms with Crippen molar-refractivity contribution in [2.45, 2.75) is 0 Å². The molecular weight excluding hydrogens is 319 g/mol. The van der Waals surface area contributed by atoms with E-state index in [0.29, 0.717) is 5.75 Å². The fourth-order valence-corrected chi connectivity index (χ4v) is 2.34. The number of rotatable bonds is 4. The zero-order valence-electron chi connectivity index (χ0n) is 12.0. The second-order valence-electron chi connectivity index (χ2n) is 4.85. The van der Waals surface area contributed by atoms with Gasteiger partial charge in [0.15, 0.2) is 6.61 Å². The first kappa shape index (κ1) is 15.3. The van der Waals surface area contributed by atoms with Gasteiger partial charge in [-0.25, -0.2) is 9.18 Å². The lowest BCUT2D eigenvalue weighted by molar-refractivity contribution is -0.136. The minimum absolute atomic E-state index is 0.100. The standard InChI is InChI=1S/C18H12ClFO3/c19-16-10-14(20)6-8-17(16)22-11-18(21)23-15-7-5-12-3-1-2-4-13(12)9-15/h1-10H,11H2. The van der Waals surface area contributed by atoms with Crippen molar-refractivity contribution in [3.05, 3.63) is 71.5 Å². The Morgan fingerprint density at radius 2 is 1.78 bits per heavy atom. The van der Waals surface area contributed by atoms with E-state index in [9.17, 15) is 9.18 Å². The third-order valence-corrected chi connectivity index (χ3v) is 3.49. The molecule has 23 heavy (non-hydrogen) atoms. The first-order chi connectivity index (χ1) is 11.1. The molecule has 0 unspecified atom stereocenters. The molecule has 0 aliphatic heterocycles. The maximum absolute atomic E-state index is 12.9. The molecule has 0 N–H and O–H groups in total. The van der Waals surface area contributed by atoms with Crippen molar-refractivity contribution in [3.8, 4) is 11.5 Å². The highest BCUT2D eigenvalue weighted by atomic mass is 35.5. The summed E-state index contributed by atoms with van der Waals surface area (Å²) in [5.41, 5.74) is 0. The average molecular weight is 331 g/mol. The summed E-state index contributed by atoms with van der Waals surface area (Å²) >= 11 is 5.82. The van der Waals surface area contributed by atoms with Crippen LogP contribution in [0.3, 0.4) is 0 Å². The molecule has 0 spiro atoms. The van der Waals surface area contributed by atoms with Gasteiger partial charge < -0.3 is 9.47 Å². The second-order valence-corrected chi connectivity index (χ2v) is 5.25. The van der Waals surface area contributed by atoms with Gasteiger partial charge in [0.1, 0.15) is 17.3 Å². The first-order valence-electron chi connectivity index (χ1n) is 6.89. The normalized spacial score (nSPS) is 10.5.